The lowest BCUT2D eigenvalue weighted by Gasteiger charge is -2.33. The largest absolute Gasteiger partial charge is 0.497 e. The van der Waals surface area contributed by atoms with Crippen molar-refractivity contribution in [3.63, 3.8) is 0 Å². The topological polar surface area (TPSA) is 93.8 Å². The number of rotatable bonds is 5. The van der Waals surface area contributed by atoms with E-state index >= 15 is 0 Å². The summed E-state index contributed by atoms with van der Waals surface area (Å²) >= 11 is 0. The molecule has 0 amide bonds. The predicted molar refractivity (Wildman–Crippen MR) is 110 cm³/mol. The standard InChI is InChI=1S/C20H23N3O5S/c1-22-18-8-7-17(13-19(18)28-20(22)24)29(25,26)21-14-9-11-23(12-10-14)15-3-5-16(27-2)6-4-15/h3-8,13-14,21H,9-12H2,1-2H3. The zero-order valence-electron chi connectivity index (χ0n) is 16.3. The number of oxazole rings is 1. The summed E-state index contributed by atoms with van der Waals surface area (Å²) in [4.78, 5) is 13.9. The number of ether oxygens (including phenoxy) is 1. The van der Waals surface area contributed by atoms with Crippen molar-refractivity contribution in [2.24, 2.45) is 7.05 Å². The number of piperidine rings is 1. The number of aromatic nitrogens is 1. The Morgan fingerprint density at radius 1 is 1.10 bits per heavy atom. The molecule has 0 radical (unpaired) electrons. The molecule has 0 atom stereocenters. The highest BCUT2D eigenvalue weighted by atomic mass is 32.2. The van der Waals surface area contributed by atoms with Crippen molar-refractivity contribution in [1.29, 1.82) is 0 Å². The SMILES string of the molecule is COc1ccc(N2CCC(NS(=O)(=O)c3ccc4c(c3)oc(=O)n4C)CC2)cc1. The van der Waals surface area contributed by atoms with Gasteiger partial charge in [-0.25, -0.2) is 17.9 Å². The summed E-state index contributed by atoms with van der Waals surface area (Å²) in [6.45, 7) is 1.51. The minimum atomic E-state index is -3.70. The van der Waals surface area contributed by atoms with Gasteiger partial charge in [-0.3, -0.25) is 4.57 Å². The summed E-state index contributed by atoms with van der Waals surface area (Å²) in [6.07, 6.45) is 1.40. The summed E-state index contributed by atoms with van der Waals surface area (Å²) in [6, 6.07) is 12.2. The van der Waals surface area contributed by atoms with Crippen molar-refractivity contribution in [1.82, 2.24) is 9.29 Å². The van der Waals surface area contributed by atoms with Crippen LogP contribution in [0.3, 0.4) is 0 Å². The second kappa shape index (κ2) is 7.57. The van der Waals surface area contributed by atoms with Gasteiger partial charge in [0.05, 0.1) is 17.5 Å². The average Bonchev–Trinajstić information content (AvgIpc) is 3.01. The van der Waals surface area contributed by atoms with Gasteiger partial charge < -0.3 is 14.1 Å². The van der Waals surface area contributed by atoms with Crippen LogP contribution in [-0.2, 0) is 17.1 Å². The van der Waals surface area contributed by atoms with E-state index in [0.717, 1.165) is 24.5 Å². The second-order valence-corrected chi connectivity index (χ2v) is 8.85. The fraction of sp³-hybridized carbons (Fsp3) is 0.350. The fourth-order valence-electron chi connectivity index (χ4n) is 3.62. The lowest BCUT2D eigenvalue weighted by molar-refractivity contribution is 0.414. The molecule has 9 heteroatoms. The van der Waals surface area contributed by atoms with Crippen molar-refractivity contribution < 1.29 is 17.6 Å². The molecule has 0 saturated carbocycles. The third kappa shape index (κ3) is 3.88. The molecule has 8 nitrogen and oxygen atoms in total. The number of aryl methyl sites for hydroxylation is 1. The predicted octanol–water partition coefficient (Wildman–Crippen LogP) is 2.09. The number of fused-ring (bicyclic) bond motifs is 1. The minimum Gasteiger partial charge on any atom is -0.497 e. The maximum atomic E-state index is 12.8. The van der Waals surface area contributed by atoms with E-state index in [1.54, 1.807) is 20.2 Å². The number of benzene rings is 2. The molecule has 3 aromatic rings. The van der Waals surface area contributed by atoms with Crippen LogP contribution >= 0.6 is 0 Å². The van der Waals surface area contributed by atoms with Gasteiger partial charge in [-0.05, 0) is 49.2 Å². The number of nitrogens with one attached hydrogen (secondary N) is 1. The highest BCUT2D eigenvalue weighted by Gasteiger charge is 2.25. The molecule has 29 heavy (non-hydrogen) atoms. The van der Waals surface area contributed by atoms with Gasteiger partial charge in [0.15, 0.2) is 5.58 Å². The normalized spacial score (nSPS) is 15.7. The van der Waals surface area contributed by atoms with Gasteiger partial charge in [-0.1, -0.05) is 0 Å². The van der Waals surface area contributed by atoms with Crippen LogP contribution in [0.4, 0.5) is 5.69 Å². The highest BCUT2D eigenvalue weighted by molar-refractivity contribution is 7.89. The van der Waals surface area contributed by atoms with E-state index < -0.39 is 15.8 Å². The number of sulfonamides is 1. The van der Waals surface area contributed by atoms with Crippen LogP contribution in [-0.4, -0.2) is 39.2 Å². The molecule has 0 unspecified atom stereocenters. The first-order chi connectivity index (χ1) is 13.9. The number of hydrogen-bond donors (Lipinski definition) is 1. The third-order valence-electron chi connectivity index (χ3n) is 5.33. The number of nitrogens with zero attached hydrogens (tertiary/aromatic N) is 2. The molecule has 1 fully saturated rings. The summed E-state index contributed by atoms with van der Waals surface area (Å²) < 4.78 is 40.0. The molecule has 1 aliphatic rings. The van der Waals surface area contributed by atoms with Gasteiger partial charge in [0.1, 0.15) is 5.75 Å². The fourth-order valence-corrected chi connectivity index (χ4v) is 4.94. The lowest BCUT2D eigenvalue weighted by Crippen LogP contribution is -2.44. The van der Waals surface area contributed by atoms with E-state index in [1.807, 2.05) is 24.3 Å². The summed E-state index contributed by atoms with van der Waals surface area (Å²) in [7, 11) is -0.487. The molecule has 2 aromatic carbocycles. The first-order valence-electron chi connectivity index (χ1n) is 9.38. The first kappa shape index (κ1) is 19.5. The molecule has 1 aromatic heterocycles. The Balaban J connectivity index is 1.43. The van der Waals surface area contributed by atoms with Crippen LogP contribution in [0.5, 0.6) is 5.75 Å². The second-order valence-electron chi connectivity index (χ2n) is 7.14. The molecular formula is C20H23N3O5S. The monoisotopic (exact) mass is 417 g/mol. The van der Waals surface area contributed by atoms with Gasteiger partial charge in [0.2, 0.25) is 10.0 Å². The third-order valence-corrected chi connectivity index (χ3v) is 6.85. The molecule has 154 valence electrons. The van der Waals surface area contributed by atoms with Crippen molar-refractivity contribution >= 4 is 26.8 Å². The van der Waals surface area contributed by atoms with Crippen LogP contribution in [0.2, 0.25) is 0 Å². The Labute approximate surface area is 168 Å². The summed E-state index contributed by atoms with van der Waals surface area (Å²) in [5.74, 6) is 0.288. The Bertz CT molecular complexity index is 1170. The van der Waals surface area contributed by atoms with E-state index in [0.29, 0.717) is 18.4 Å². The molecular weight excluding hydrogens is 394 g/mol. The van der Waals surface area contributed by atoms with Gasteiger partial charge >= 0.3 is 5.76 Å². The zero-order valence-corrected chi connectivity index (χ0v) is 17.1. The number of hydrogen-bond acceptors (Lipinski definition) is 6. The molecule has 1 saturated heterocycles. The van der Waals surface area contributed by atoms with Crippen LogP contribution in [0.25, 0.3) is 11.1 Å². The van der Waals surface area contributed by atoms with E-state index in [4.69, 9.17) is 9.15 Å². The number of anilines is 1. The average molecular weight is 417 g/mol. The lowest BCUT2D eigenvalue weighted by atomic mass is 10.1. The smallest absolute Gasteiger partial charge is 0.419 e. The quantitative estimate of drug-likeness (QED) is 0.683. The van der Waals surface area contributed by atoms with Crippen molar-refractivity contribution in [2.45, 2.75) is 23.8 Å². The summed E-state index contributed by atoms with van der Waals surface area (Å²) in [5, 5.41) is 0. The molecule has 0 spiro atoms. The zero-order chi connectivity index (χ0) is 20.6. The molecule has 0 bridgehead atoms. The highest BCUT2D eigenvalue weighted by Crippen LogP contribution is 2.24. The Morgan fingerprint density at radius 2 is 1.79 bits per heavy atom. The van der Waals surface area contributed by atoms with Crippen molar-refractivity contribution in [2.75, 3.05) is 25.1 Å². The van der Waals surface area contributed by atoms with Crippen molar-refractivity contribution in [3.8, 4) is 5.75 Å². The Morgan fingerprint density at radius 3 is 2.45 bits per heavy atom. The number of methoxy groups -OCH3 is 1. The maximum Gasteiger partial charge on any atom is 0.419 e. The van der Waals surface area contributed by atoms with E-state index in [-0.39, 0.29) is 16.5 Å². The molecule has 2 heterocycles. The summed E-state index contributed by atoms with van der Waals surface area (Å²) in [5.41, 5.74) is 1.91. The van der Waals surface area contributed by atoms with Crippen LogP contribution in [0.15, 0.2) is 56.6 Å². The minimum absolute atomic E-state index is 0.0944. The molecule has 1 aliphatic heterocycles. The Hall–Kier alpha value is -2.78. The molecule has 4 rings (SSSR count). The molecule has 1 N–H and O–H groups in total. The Kier molecular flexibility index (Phi) is 5.10. The molecule has 0 aliphatic carbocycles. The van der Waals surface area contributed by atoms with E-state index in [9.17, 15) is 13.2 Å². The van der Waals surface area contributed by atoms with E-state index in [1.165, 1.54) is 16.7 Å². The van der Waals surface area contributed by atoms with Crippen LogP contribution in [0.1, 0.15) is 12.8 Å². The van der Waals surface area contributed by atoms with Crippen molar-refractivity contribution in [3.05, 3.63) is 53.0 Å². The van der Waals surface area contributed by atoms with Gasteiger partial charge in [0.25, 0.3) is 0 Å². The van der Waals surface area contributed by atoms with Gasteiger partial charge in [0, 0.05) is 37.9 Å². The van der Waals surface area contributed by atoms with E-state index in [2.05, 4.69) is 9.62 Å². The van der Waals surface area contributed by atoms with Gasteiger partial charge in [-0.15, -0.1) is 0 Å². The first-order valence-corrected chi connectivity index (χ1v) is 10.9. The van der Waals surface area contributed by atoms with Crippen LogP contribution in [0, 0.1) is 0 Å². The maximum absolute atomic E-state index is 12.8. The van der Waals surface area contributed by atoms with Crippen LogP contribution < -0.4 is 20.1 Å². The van der Waals surface area contributed by atoms with Gasteiger partial charge in [-0.2, -0.15) is 0 Å².